The topological polar surface area (TPSA) is 89.3 Å². The molecule has 0 spiro atoms. The van der Waals surface area contributed by atoms with Gasteiger partial charge in [0, 0.05) is 18.3 Å². The van der Waals surface area contributed by atoms with Gasteiger partial charge in [0.05, 0.1) is 12.9 Å². The maximum Gasteiger partial charge on any atom is 0.374 e. The highest BCUT2D eigenvalue weighted by Gasteiger charge is 2.44. The molecule has 7 nitrogen and oxygen atoms in total. The summed E-state index contributed by atoms with van der Waals surface area (Å²) in [4.78, 5) is 12.6. The highest BCUT2D eigenvalue weighted by molar-refractivity contribution is 7.91. The summed E-state index contributed by atoms with van der Waals surface area (Å²) in [5, 5.41) is 7.78. The average Bonchev–Trinajstić information content (AvgIpc) is 3.05. The monoisotopic (exact) mass is 350 g/mol. The first-order valence-corrected chi connectivity index (χ1v) is 9.50. The van der Waals surface area contributed by atoms with E-state index in [2.05, 4.69) is 10.4 Å². The van der Waals surface area contributed by atoms with Crippen molar-refractivity contribution in [2.45, 2.75) is 19.4 Å². The normalized spacial score (nSPS) is 27.3. The van der Waals surface area contributed by atoms with Crippen LogP contribution in [0, 0.1) is 0 Å². The van der Waals surface area contributed by atoms with E-state index >= 15 is 0 Å². The van der Waals surface area contributed by atoms with Gasteiger partial charge in [-0.05, 0) is 31.2 Å². The summed E-state index contributed by atoms with van der Waals surface area (Å²) in [6.07, 6.45) is 2.10. The van der Waals surface area contributed by atoms with Crippen LogP contribution in [-0.4, -0.2) is 44.7 Å². The van der Waals surface area contributed by atoms with Crippen LogP contribution in [0.5, 0.6) is 5.75 Å². The van der Waals surface area contributed by atoms with Crippen LogP contribution in [-0.2, 0) is 14.6 Å². The van der Waals surface area contributed by atoms with E-state index in [-0.39, 0.29) is 23.5 Å². The lowest BCUT2D eigenvalue weighted by atomic mass is 10.1. The molecule has 1 fully saturated rings. The average molecular weight is 350 g/mol. The SMILES string of the molecule is COc1ccc(N/C=C2/C(=O)[NH+]([C@@H]3CCS(=O)(=O)C3)N=C2C)cc1. The third-order valence-corrected chi connectivity index (χ3v) is 6.02. The lowest BCUT2D eigenvalue weighted by Crippen LogP contribution is -3.13. The van der Waals surface area contributed by atoms with Gasteiger partial charge in [-0.25, -0.2) is 13.2 Å². The number of anilines is 1. The molecule has 2 heterocycles. The first-order valence-electron chi connectivity index (χ1n) is 7.68. The standard InChI is InChI=1S/C16H19N3O4S/c1-11-15(9-17-12-3-5-14(23-2)6-4-12)16(20)19(18-11)13-7-8-24(21,22)10-13/h3-6,9,13,17H,7-8,10H2,1-2H3/p+1/b15-9+/t13-/m1/s1. The molecule has 2 aliphatic rings. The minimum Gasteiger partial charge on any atom is -0.497 e. The maximum atomic E-state index is 12.6. The molecule has 0 bridgehead atoms. The van der Waals surface area contributed by atoms with Gasteiger partial charge in [-0.2, -0.15) is 0 Å². The van der Waals surface area contributed by atoms with Crippen molar-refractivity contribution in [3.63, 3.8) is 0 Å². The molecule has 24 heavy (non-hydrogen) atoms. The minimum absolute atomic E-state index is 0.0179. The second-order valence-electron chi connectivity index (χ2n) is 5.94. The summed E-state index contributed by atoms with van der Waals surface area (Å²) in [5.41, 5.74) is 1.91. The van der Waals surface area contributed by atoms with E-state index in [9.17, 15) is 13.2 Å². The number of rotatable bonds is 4. The summed E-state index contributed by atoms with van der Waals surface area (Å²) in [7, 11) is -1.44. The third kappa shape index (κ3) is 3.34. The van der Waals surface area contributed by atoms with E-state index in [1.807, 2.05) is 24.3 Å². The van der Waals surface area contributed by atoms with Gasteiger partial charge in [-0.15, -0.1) is 5.01 Å². The number of hydrogen-bond acceptors (Lipinski definition) is 6. The van der Waals surface area contributed by atoms with Gasteiger partial charge in [-0.1, -0.05) is 5.10 Å². The summed E-state index contributed by atoms with van der Waals surface area (Å²) in [5.74, 6) is 0.715. The van der Waals surface area contributed by atoms with Gasteiger partial charge >= 0.3 is 5.91 Å². The van der Waals surface area contributed by atoms with Crippen LogP contribution in [0.3, 0.4) is 0 Å². The Morgan fingerprint density at radius 2 is 2.04 bits per heavy atom. The lowest BCUT2D eigenvalue weighted by Gasteiger charge is -2.11. The zero-order valence-corrected chi connectivity index (χ0v) is 14.4. The van der Waals surface area contributed by atoms with Crippen LogP contribution in [0.25, 0.3) is 0 Å². The van der Waals surface area contributed by atoms with Gasteiger partial charge in [-0.3, -0.25) is 0 Å². The van der Waals surface area contributed by atoms with Crippen molar-refractivity contribution in [3.05, 3.63) is 36.0 Å². The molecule has 0 radical (unpaired) electrons. The Bertz CT molecular complexity index is 812. The molecule has 1 unspecified atom stereocenters. The largest absolute Gasteiger partial charge is 0.497 e. The van der Waals surface area contributed by atoms with Crippen molar-refractivity contribution >= 4 is 27.1 Å². The summed E-state index contributed by atoms with van der Waals surface area (Å²) >= 11 is 0. The van der Waals surface area contributed by atoms with Crippen molar-refractivity contribution in [3.8, 4) is 5.75 Å². The van der Waals surface area contributed by atoms with Crippen LogP contribution in [0.4, 0.5) is 5.69 Å². The Kier molecular flexibility index (Phi) is 4.42. The second kappa shape index (κ2) is 6.37. The number of sulfone groups is 1. The van der Waals surface area contributed by atoms with Crippen LogP contribution in [0.2, 0.25) is 0 Å². The first-order chi connectivity index (χ1) is 11.4. The number of amides is 1. The van der Waals surface area contributed by atoms with Crippen LogP contribution in [0.1, 0.15) is 13.3 Å². The molecule has 8 heteroatoms. The third-order valence-electron chi connectivity index (χ3n) is 4.25. The number of benzene rings is 1. The number of hydrogen-bond donors (Lipinski definition) is 2. The molecular weight excluding hydrogens is 330 g/mol. The Morgan fingerprint density at radius 3 is 2.62 bits per heavy atom. The van der Waals surface area contributed by atoms with Crippen molar-refractivity contribution in [1.29, 1.82) is 0 Å². The zero-order valence-electron chi connectivity index (χ0n) is 13.6. The van der Waals surface area contributed by atoms with E-state index in [4.69, 9.17) is 4.74 Å². The van der Waals surface area contributed by atoms with Crippen molar-refractivity contribution in [2.24, 2.45) is 5.10 Å². The quantitative estimate of drug-likeness (QED) is 0.745. The molecule has 0 aliphatic carbocycles. The fourth-order valence-electron chi connectivity index (χ4n) is 2.89. The maximum absolute atomic E-state index is 12.6. The molecule has 1 aromatic carbocycles. The number of carbonyl (C=O) groups is 1. The lowest BCUT2D eigenvalue weighted by molar-refractivity contribution is -0.846. The van der Waals surface area contributed by atoms with Crippen LogP contribution >= 0.6 is 0 Å². The fraction of sp³-hybridized carbons (Fsp3) is 0.375. The van der Waals surface area contributed by atoms with E-state index in [1.165, 1.54) is 0 Å². The molecule has 3 rings (SSSR count). The molecule has 0 aromatic heterocycles. The number of ether oxygens (including phenoxy) is 1. The smallest absolute Gasteiger partial charge is 0.374 e. The van der Waals surface area contributed by atoms with Gasteiger partial charge in [0.15, 0.2) is 9.84 Å². The number of carbonyl (C=O) groups excluding carboxylic acids is 1. The molecule has 2 N–H and O–H groups in total. The summed E-state index contributed by atoms with van der Waals surface area (Å²) < 4.78 is 28.3. The molecule has 0 saturated carbocycles. The number of nitrogens with one attached hydrogen (secondary N) is 2. The predicted molar refractivity (Wildman–Crippen MR) is 90.8 cm³/mol. The predicted octanol–water partition coefficient (Wildman–Crippen LogP) is -0.0209. The van der Waals surface area contributed by atoms with Gasteiger partial charge < -0.3 is 10.1 Å². The summed E-state index contributed by atoms with van der Waals surface area (Å²) in [6.45, 7) is 1.76. The van der Waals surface area contributed by atoms with E-state index in [1.54, 1.807) is 20.2 Å². The Labute approximate surface area is 140 Å². The molecule has 2 aliphatic heterocycles. The number of methoxy groups -OCH3 is 1. The summed E-state index contributed by atoms with van der Waals surface area (Å²) in [6, 6.07) is 7.04. The van der Waals surface area contributed by atoms with E-state index < -0.39 is 9.84 Å². The van der Waals surface area contributed by atoms with Crippen molar-refractivity contribution in [1.82, 2.24) is 0 Å². The zero-order chi connectivity index (χ0) is 17.3. The molecule has 2 atom stereocenters. The van der Waals surface area contributed by atoms with E-state index in [0.29, 0.717) is 22.7 Å². The highest BCUT2D eigenvalue weighted by atomic mass is 32.2. The molecular formula is C16H20N3O4S+. The van der Waals surface area contributed by atoms with Crippen LogP contribution in [0.15, 0.2) is 41.1 Å². The number of quaternary nitrogens is 1. The molecule has 1 aromatic rings. The van der Waals surface area contributed by atoms with Gasteiger partial charge in [0.2, 0.25) is 0 Å². The van der Waals surface area contributed by atoms with Crippen LogP contribution < -0.4 is 15.1 Å². The Morgan fingerprint density at radius 1 is 1.33 bits per heavy atom. The van der Waals surface area contributed by atoms with Gasteiger partial charge in [0.25, 0.3) is 0 Å². The highest BCUT2D eigenvalue weighted by Crippen LogP contribution is 2.16. The van der Waals surface area contributed by atoms with Gasteiger partial charge in [0.1, 0.15) is 28.8 Å². The Balaban J connectivity index is 1.72. The Hall–Kier alpha value is -2.19. The first kappa shape index (κ1) is 16.7. The molecule has 1 saturated heterocycles. The second-order valence-corrected chi connectivity index (χ2v) is 8.17. The fourth-order valence-corrected chi connectivity index (χ4v) is 4.64. The molecule has 128 valence electrons. The minimum atomic E-state index is -3.04. The molecule has 1 amide bonds. The van der Waals surface area contributed by atoms with Crippen molar-refractivity contribution < 1.29 is 23.0 Å². The van der Waals surface area contributed by atoms with Crippen molar-refractivity contribution in [2.75, 3.05) is 23.9 Å². The number of nitrogens with zero attached hydrogens (tertiary/aromatic N) is 1. The van der Waals surface area contributed by atoms with E-state index in [0.717, 1.165) is 11.4 Å².